The van der Waals surface area contributed by atoms with Gasteiger partial charge in [-0.05, 0) is 29.8 Å². The Bertz CT molecular complexity index is 851. The summed E-state index contributed by atoms with van der Waals surface area (Å²) in [6.45, 7) is 0. The normalized spacial score (nSPS) is 11.5. The van der Waals surface area contributed by atoms with Crippen LogP contribution in [0.15, 0.2) is 48.5 Å². The van der Waals surface area contributed by atoms with Gasteiger partial charge in [-0.2, -0.15) is 13.2 Å². The summed E-state index contributed by atoms with van der Waals surface area (Å²) in [4.78, 5) is 21.9. The monoisotopic (exact) mass is 370 g/mol. The largest absolute Gasteiger partial charge is 0.418 e. The molecule has 0 spiro atoms. The van der Waals surface area contributed by atoms with Gasteiger partial charge < -0.3 is 5.32 Å². The van der Waals surface area contributed by atoms with E-state index in [4.69, 9.17) is 11.6 Å². The molecule has 0 atom stereocenters. The highest BCUT2D eigenvalue weighted by atomic mass is 35.5. The highest BCUT2D eigenvalue weighted by molar-refractivity contribution is 6.30. The molecule has 2 aromatic carbocycles. The highest BCUT2D eigenvalue weighted by Gasteiger charge is 2.34. The van der Waals surface area contributed by atoms with Crippen molar-refractivity contribution in [3.63, 3.8) is 0 Å². The summed E-state index contributed by atoms with van der Waals surface area (Å²) in [7, 11) is 0. The van der Waals surface area contributed by atoms with Crippen LogP contribution in [0.4, 0.5) is 24.5 Å². The van der Waals surface area contributed by atoms with Crippen molar-refractivity contribution in [3.8, 4) is 0 Å². The molecule has 1 N–H and O–H groups in total. The molecule has 0 unspecified atom stereocenters. The van der Waals surface area contributed by atoms with Crippen molar-refractivity contribution in [1.82, 2.24) is 0 Å². The number of nitro benzene ring substituents is 1. The highest BCUT2D eigenvalue weighted by Crippen LogP contribution is 2.36. The van der Waals surface area contributed by atoms with E-state index in [1.54, 1.807) is 0 Å². The van der Waals surface area contributed by atoms with Gasteiger partial charge in [-0.25, -0.2) is 0 Å². The molecule has 2 rings (SSSR count). The molecule has 1 amide bonds. The zero-order chi connectivity index (χ0) is 18.6. The molecule has 0 saturated carbocycles. The second-order valence-electron chi connectivity index (χ2n) is 4.86. The van der Waals surface area contributed by atoms with E-state index in [-0.39, 0.29) is 10.7 Å². The fraction of sp³-hybridized carbons (Fsp3) is 0.0625. The number of nitrogens with zero attached hydrogens (tertiary/aromatic N) is 1. The number of rotatable bonds is 4. The van der Waals surface area contributed by atoms with E-state index in [0.717, 1.165) is 12.1 Å². The van der Waals surface area contributed by atoms with Gasteiger partial charge >= 0.3 is 6.18 Å². The van der Waals surface area contributed by atoms with Crippen LogP contribution in [0.25, 0.3) is 6.08 Å². The van der Waals surface area contributed by atoms with E-state index in [9.17, 15) is 28.1 Å². The molecule has 0 heterocycles. The predicted octanol–water partition coefficient (Wildman–Crippen LogP) is 4.92. The molecule has 9 heteroatoms. The SMILES string of the molecule is O=C(/C=C/c1cccc([N+](=O)[O-])c1)Nc1ccc(Cl)cc1C(F)(F)F. The standard InChI is InChI=1S/C16H10ClF3N2O3/c17-11-5-6-14(13(9-11)16(18,19)20)21-15(23)7-4-10-2-1-3-12(8-10)22(24)25/h1-9H,(H,21,23)/b7-4+. The van der Waals surface area contributed by atoms with Gasteiger partial charge in [-0.15, -0.1) is 0 Å². The van der Waals surface area contributed by atoms with Gasteiger partial charge in [0, 0.05) is 23.2 Å². The Hall–Kier alpha value is -2.87. The topological polar surface area (TPSA) is 72.2 Å². The number of anilines is 1. The van der Waals surface area contributed by atoms with Crippen LogP contribution in [0.1, 0.15) is 11.1 Å². The average molecular weight is 371 g/mol. The van der Waals surface area contributed by atoms with Crippen molar-refractivity contribution in [2.24, 2.45) is 0 Å². The van der Waals surface area contributed by atoms with Gasteiger partial charge in [-0.3, -0.25) is 14.9 Å². The van der Waals surface area contributed by atoms with Crippen molar-refractivity contribution in [3.05, 3.63) is 74.8 Å². The first-order chi connectivity index (χ1) is 11.7. The number of nitrogens with one attached hydrogen (secondary N) is 1. The first kappa shape index (κ1) is 18.5. The van der Waals surface area contributed by atoms with Crippen LogP contribution in [0, 0.1) is 10.1 Å². The summed E-state index contributed by atoms with van der Waals surface area (Å²) in [6.07, 6.45) is -2.45. The lowest BCUT2D eigenvalue weighted by Crippen LogP contribution is -2.14. The number of halogens is 4. The van der Waals surface area contributed by atoms with E-state index < -0.39 is 28.3 Å². The molecule has 0 aliphatic heterocycles. The van der Waals surface area contributed by atoms with Gasteiger partial charge in [-0.1, -0.05) is 23.7 Å². The molecule has 0 radical (unpaired) electrons. The Morgan fingerprint density at radius 2 is 1.92 bits per heavy atom. The maximum absolute atomic E-state index is 13.0. The molecule has 0 fully saturated rings. The van der Waals surface area contributed by atoms with E-state index in [0.29, 0.717) is 11.6 Å². The lowest BCUT2D eigenvalue weighted by atomic mass is 10.1. The molecule has 25 heavy (non-hydrogen) atoms. The van der Waals surface area contributed by atoms with Crippen LogP contribution >= 0.6 is 11.6 Å². The summed E-state index contributed by atoms with van der Waals surface area (Å²) in [5, 5.41) is 12.7. The molecule has 0 aliphatic carbocycles. The summed E-state index contributed by atoms with van der Waals surface area (Å²) in [6, 6.07) is 8.42. The van der Waals surface area contributed by atoms with Crippen LogP contribution in [-0.2, 0) is 11.0 Å². The average Bonchev–Trinajstić information content (AvgIpc) is 2.54. The molecule has 2 aromatic rings. The Labute approximate surface area is 144 Å². The number of hydrogen-bond donors (Lipinski definition) is 1. The number of alkyl halides is 3. The predicted molar refractivity (Wildman–Crippen MR) is 87.2 cm³/mol. The minimum absolute atomic E-state index is 0.113. The van der Waals surface area contributed by atoms with Crippen LogP contribution in [0.3, 0.4) is 0 Å². The van der Waals surface area contributed by atoms with Crippen LogP contribution < -0.4 is 5.32 Å². The Morgan fingerprint density at radius 1 is 1.20 bits per heavy atom. The van der Waals surface area contributed by atoms with Crippen LogP contribution in [0.2, 0.25) is 5.02 Å². The first-order valence-corrected chi connectivity index (χ1v) is 7.15. The molecular weight excluding hydrogens is 361 g/mol. The van der Waals surface area contributed by atoms with Crippen molar-refractivity contribution in [1.29, 1.82) is 0 Å². The maximum Gasteiger partial charge on any atom is 0.418 e. The molecule has 0 aliphatic rings. The fourth-order valence-corrected chi connectivity index (χ4v) is 2.12. The number of hydrogen-bond acceptors (Lipinski definition) is 3. The van der Waals surface area contributed by atoms with Gasteiger partial charge in [0.05, 0.1) is 16.2 Å². The summed E-state index contributed by atoms with van der Waals surface area (Å²) in [5.41, 5.74) is -1.32. The van der Waals surface area contributed by atoms with E-state index >= 15 is 0 Å². The number of non-ortho nitro benzene ring substituents is 1. The van der Waals surface area contributed by atoms with Gasteiger partial charge in [0.25, 0.3) is 5.69 Å². The molecule has 0 aromatic heterocycles. The Balaban J connectivity index is 2.18. The molecule has 0 bridgehead atoms. The molecule has 0 saturated heterocycles. The summed E-state index contributed by atoms with van der Waals surface area (Å²) < 4.78 is 38.9. The third kappa shape index (κ3) is 5.05. The van der Waals surface area contributed by atoms with Gasteiger partial charge in [0.2, 0.25) is 5.91 Å². The zero-order valence-electron chi connectivity index (χ0n) is 12.4. The second kappa shape index (κ2) is 7.35. The van der Waals surface area contributed by atoms with Crippen LogP contribution in [-0.4, -0.2) is 10.8 Å². The second-order valence-corrected chi connectivity index (χ2v) is 5.30. The molecular formula is C16H10ClF3N2O3. The van der Waals surface area contributed by atoms with Crippen LogP contribution in [0.5, 0.6) is 0 Å². The number of carbonyl (C=O) groups is 1. The third-order valence-electron chi connectivity index (χ3n) is 3.05. The lowest BCUT2D eigenvalue weighted by molar-refractivity contribution is -0.384. The first-order valence-electron chi connectivity index (χ1n) is 6.77. The maximum atomic E-state index is 13.0. The van der Waals surface area contributed by atoms with Crippen molar-refractivity contribution in [2.45, 2.75) is 6.18 Å². The van der Waals surface area contributed by atoms with E-state index in [1.807, 2.05) is 0 Å². The lowest BCUT2D eigenvalue weighted by Gasteiger charge is -2.13. The minimum atomic E-state index is -4.68. The van der Waals surface area contributed by atoms with Crippen molar-refractivity contribution < 1.29 is 22.9 Å². The van der Waals surface area contributed by atoms with Crippen molar-refractivity contribution in [2.75, 3.05) is 5.32 Å². The van der Waals surface area contributed by atoms with E-state index in [2.05, 4.69) is 5.32 Å². The number of nitro groups is 1. The number of amides is 1. The van der Waals surface area contributed by atoms with Gasteiger partial charge in [0.1, 0.15) is 0 Å². The smallest absolute Gasteiger partial charge is 0.322 e. The quantitative estimate of drug-likeness (QED) is 0.471. The minimum Gasteiger partial charge on any atom is -0.322 e. The number of carbonyl (C=O) groups excluding carboxylic acids is 1. The third-order valence-corrected chi connectivity index (χ3v) is 3.29. The van der Waals surface area contributed by atoms with Crippen molar-refractivity contribution >= 4 is 35.0 Å². The molecule has 130 valence electrons. The Kier molecular flexibility index (Phi) is 5.43. The number of benzene rings is 2. The summed E-state index contributed by atoms with van der Waals surface area (Å²) >= 11 is 5.56. The van der Waals surface area contributed by atoms with E-state index in [1.165, 1.54) is 36.4 Å². The molecule has 5 nitrogen and oxygen atoms in total. The fourth-order valence-electron chi connectivity index (χ4n) is 1.95. The zero-order valence-corrected chi connectivity index (χ0v) is 13.1. The Morgan fingerprint density at radius 3 is 2.56 bits per heavy atom. The van der Waals surface area contributed by atoms with Gasteiger partial charge in [0.15, 0.2) is 0 Å². The summed E-state index contributed by atoms with van der Waals surface area (Å²) in [5.74, 6) is -0.820.